The van der Waals surface area contributed by atoms with Crippen molar-refractivity contribution in [3.8, 4) is 0 Å². The van der Waals surface area contributed by atoms with Gasteiger partial charge in [0.2, 0.25) is 0 Å². The van der Waals surface area contributed by atoms with Crippen molar-refractivity contribution < 1.29 is 14.6 Å². The highest BCUT2D eigenvalue weighted by Gasteiger charge is 2.08. The smallest absolute Gasteiger partial charge is 0.293 e. The van der Waals surface area contributed by atoms with E-state index in [0.29, 0.717) is 12.2 Å². The maximum absolute atomic E-state index is 11.8. The second-order valence-corrected chi connectivity index (χ2v) is 5.76. The SMILES string of the molecule is CCCCCCOOC(=O)c1ccc(CCCCCC)cc1. The number of unbranched alkanes of at least 4 members (excludes halogenated alkanes) is 6. The molecular formula is C19H30O3. The van der Waals surface area contributed by atoms with Crippen LogP contribution in [0.25, 0.3) is 0 Å². The Hall–Kier alpha value is -1.35. The van der Waals surface area contributed by atoms with Crippen molar-refractivity contribution in [3.05, 3.63) is 35.4 Å². The maximum Gasteiger partial charge on any atom is 0.373 e. The summed E-state index contributed by atoms with van der Waals surface area (Å²) in [4.78, 5) is 21.6. The van der Waals surface area contributed by atoms with Crippen LogP contribution in [0.3, 0.4) is 0 Å². The molecule has 1 aromatic rings. The molecule has 0 spiro atoms. The monoisotopic (exact) mass is 306 g/mol. The van der Waals surface area contributed by atoms with E-state index in [2.05, 4.69) is 13.8 Å². The van der Waals surface area contributed by atoms with Gasteiger partial charge in [0.25, 0.3) is 0 Å². The van der Waals surface area contributed by atoms with Crippen LogP contribution < -0.4 is 0 Å². The molecule has 0 aromatic heterocycles. The fraction of sp³-hybridized carbons (Fsp3) is 0.632. The first-order chi connectivity index (χ1) is 10.8. The minimum Gasteiger partial charge on any atom is -0.293 e. The van der Waals surface area contributed by atoms with Crippen LogP contribution in [0.15, 0.2) is 24.3 Å². The van der Waals surface area contributed by atoms with Gasteiger partial charge in [-0.25, -0.2) is 4.79 Å². The maximum atomic E-state index is 11.8. The highest BCUT2D eigenvalue weighted by atomic mass is 17.2. The van der Waals surface area contributed by atoms with Crippen molar-refractivity contribution in [1.29, 1.82) is 0 Å². The van der Waals surface area contributed by atoms with Gasteiger partial charge in [-0.2, -0.15) is 4.89 Å². The third kappa shape index (κ3) is 8.18. The molecule has 0 heterocycles. The van der Waals surface area contributed by atoms with Crippen LogP contribution >= 0.6 is 0 Å². The third-order valence-electron chi connectivity index (χ3n) is 3.72. The molecule has 0 unspecified atom stereocenters. The predicted molar refractivity (Wildman–Crippen MR) is 89.8 cm³/mol. The van der Waals surface area contributed by atoms with Gasteiger partial charge in [-0.1, -0.05) is 64.5 Å². The minimum absolute atomic E-state index is 0.409. The van der Waals surface area contributed by atoms with Crippen LogP contribution in [-0.4, -0.2) is 12.6 Å². The first-order valence-electron chi connectivity index (χ1n) is 8.70. The first-order valence-corrected chi connectivity index (χ1v) is 8.70. The van der Waals surface area contributed by atoms with E-state index in [1.165, 1.54) is 44.1 Å². The van der Waals surface area contributed by atoms with Crippen LogP contribution in [0.1, 0.15) is 81.1 Å². The Morgan fingerprint density at radius 2 is 1.50 bits per heavy atom. The summed E-state index contributed by atoms with van der Waals surface area (Å²) >= 11 is 0. The molecule has 22 heavy (non-hydrogen) atoms. The molecule has 0 bridgehead atoms. The lowest BCUT2D eigenvalue weighted by atomic mass is 10.0. The molecule has 0 aliphatic heterocycles. The highest BCUT2D eigenvalue weighted by Crippen LogP contribution is 2.11. The summed E-state index contributed by atoms with van der Waals surface area (Å²) in [5.74, 6) is -0.409. The molecule has 0 saturated heterocycles. The van der Waals surface area contributed by atoms with Crippen LogP contribution in [0.4, 0.5) is 0 Å². The Morgan fingerprint density at radius 3 is 2.14 bits per heavy atom. The number of benzene rings is 1. The molecule has 0 saturated carbocycles. The summed E-state index contributed by atoms with van der Waals surface area (Å²) < 4.78 is 0. The molecule has 1 aromatic carbocycles. The molecule has 0 aliphatic carbocycles. The molecule has 3 heteroatoms. The van der Waals surface area contributed by atoms with Gasteiger partial charge in [-0.3, -0.25) is 4.89 Å². The Labute approximate surface area is 134 Å². The second kappa shape index (κ2) is 12.2. The topological polar surface area (TPSA) is 35.5 Å². The van der Waals surface area contributed by atoms with Crippen molar-refractivity contribution in [2.45, 2.75) is 71.6 Å². The van der Waals surface area contributed by atoms with Crippen LogP contribution in [0.5, 0.6) is 0 Å². The number of hydrogen-bond acceptors (Lipinski definition) is 3. The average molecular weight is 306 g/mol. The number of rotatable bonds is 12. The molecule has 1 rings (SSSR count). The zero-order chi connectivity index (χ0) is 16.0. The van der Waals surface area contributed by atoms with Gasteiger partial charge < -0.3 is 0 Å². The van der Waals surface area contributed by atoms with Crippen molar-refractivity contribution in [2.75, 3.05) is 6.61 Å². The zero-order valence-electron chi connectivity index (χ0n) is 14.1. The van der Waals surface area contributed by atoms with E-state index in [1.807, 2.05) is 24.3 Å². The van der Waals surface area contributed by atoms with E-state index >= 15 is 0 Å². The predicted octanol–water partition coefficient (Wildman–Crippen LogP) is 5.48. The van der Waals surface area contributed by atoms with Crippen LogP contribution in [0.2, 0.25) is 0 Å². The number of aryl methyl sites for hydroxylation is 1. The lowest BCUT2D eigenvalue weighted by molar-refractivity contribution is -0.241. The fourth-order valence-electron chi connectivity index (χ4n) is 2.29. The molecule has 0 N–H and O–H groups in total. The average Bonchev–Trinajstić information content (AvgIpc) is 2.55. The summed E-state index contributed by atoms with van der Waals surface area (Å²) in [7, 11) is 0. The van der Waals surface area contributed by atoms with E-state index < -0.39 is 5.97 Å². The Kier molecular flexibility index (Phi) is 10.4. The summed E-state index contributed by atoms with van der Waals surface area (Å²) in [5, 5.41) is 0. The van der Waals surface area contributed by atoms with Crippen molar-refractivity contribution in [2.24, 2.45) is 0 Å². The molecule has 0 amide bonds. The van der Waals surface area contributed by atoms with E-state index in [4.69, 9.17) is 9.78 Å². The molecule has 3 nitrogen and oxygen atoms in total. The first kappa shape index (κ1) is 18.7. The van der Waals surface area contributed by atoms with E-state index in [9.17, 15) is 4.79 Å². The quantitative estimate of drug-likeness (QED) is 0.291. The standard InChI is InChI=1S/C19H30O3/c1-3-5-7-9-11-17-12-14-18(15-13-17)19(20)22-21-16-10-8-6-4-2/h12-15H,3-11,16H2,1-2H3. The van der Waals surface area contributed by atoms with Crippen molar-refractivity contribution in [3.63, 3.8) is 0 Å². The van der Waals surface area contributed by atoms with Gasteiger partial charge in [-0.05, 0) is 37.0 Å². The number of carbonyl (C=O) groups is 1. The van der Waals surface area contributed by atoms with Gasteiger partial charge in [0.15, 0.2) is 0 Å². The lowest BCUT2D eigenvalue weighted by Crippen LogP contribution is -2.07. The summed E-state index contributed by atoms with van der Waals surface area (Å²) in [6.07, 6.45) is 10.5. The van der Waals surface area contributed by atoms with Gasteiger partial charge in [0, 0.05) is 0 Å². The third-order valence-corrected chi connectivity index (χ3v) is 3.72. The van der Waals surface area contributed by atoms with E-state index in [1.54, 1.807) is 0 Å². The molecule has 0 atom stereocenters. The Morgan fingerprint density at radius 1 is 0.864 bits per heavy atom. The molecule has 0 radical (unpaired) electrons. The summed E-state index contributed by atoms with van der Waals surface area (Å²) in [6, 6.07) is 7.64. The summed E-state index contributed by atoms with van der Waals surface area (Å²) in [6.45, 7) is 4.85. The highest BCUT2D eigenvalue weighted by molar-refractivity contribution is 5.88. The zero-order valence-corrected chi connectivity index (χ0v) is 14.1. The number of hydrogen-bond donors (Lipinski definition) is 0. The lowest BCUT2D eigenvalue weighted by Gasteiger charge is -2.05. The Balaban J connectivity index is 2.22. The molecule has 0 aliphatic rings. The molecule has 124 valence electrons. The molecule has 0 fully saturated rings. The van der Waals surface area contributed by atoms with Crippen LogP contribution in [-0.2, 0) is 16.2 Å². The minimum atomic E-state index is -0.409. The van der Waals surface area contributed by atoms with E-state index in [0.717, 1.165) is 19.3 Å². The largest absolute Gasteiger partial charge is 0.373 e. The van der Waals surface area contributed by atoms with Gasteiger partial charge in [0.1, 0.15) is 0 Å². The normalized spacial score (nSPS) is 10.6. The van der Waals surface area contributed by atoms with Gasteiger partial charge >= 0.3 is 5.97 Å². The van der Waals surface area contributed by atoms with Crippen LogP contribution in [0, 0.1) is 0 Å². The fourth-order valence-corrected chi connectivity index (χ4v) is 2.29. The van der Waals surface area contributed by atoms with E-state index in [-0.39, 0.29) is 0 Å². The van der Waals surface area contributed by atoms with Gasteiger partial charge in [0.05, 0.1) is 12.2 Å². The Bertz CT molecular complexity index is 398. The summed E-state index contributed by atoms with van der Waals surface area (Å²) in [5.41, 5.74) is 1.82. The van der Waals surface area contributed by atoms with Gasteiger partial charge in [-0.15, -0.1) is 0 Å². The number of carbonyl (C=O) groups excluding carboxylic acids is 1. The van der Waals surface area contributed by atoms with Crippen molar-refractivity contribution >= 4 is 5.97 Å². The molecular weight excluding hydrogens is 276 g/mol. The second-order valence-electron chi connectivity index (χ2n) is 5.76. The van der Waals surface area contributed by atoms with Crippen molar-refractivity contribution in [1.82, 2.24) is 0 Å².